The van der Waals surface area contributed by atoms with E-state index >= 15 is 0 Å². The number of fused-ring (bicyclic) bond motifs is 1. The van der Waals surface area contributed by atoms with Crippen LogP contribution in [-0.2, 0) is 16.0 Å². The van der Waals surface area contributed by atoms with Crippen molar-refractivity contribution in [2.45, 2.75) is 45.3 Å². The average Bonchev–Trinajstić information content (AvgIpc) is 2.57. The summed E-state index contributed by atoms with van der Waals surface area (Å²) in [6.45, 7) is 5.39. The molecule has 0 aliphatic carbocycles. The molecule has 1 fully saturated rings. The SMILES string of the molecule is CC(C)OC1CCCN(C(=O)Cc2n[nH]c(=O)c3ccccc23)C1. The van der Waals surface area contributed by atoms with Crippen LogP contribution in [0, 0.1) is 0 Å². The number of amides is 1. The number of carbonyl (C=O) groups excluding carboxylic acids is 1. The third kappa shape index (κ3) is 3.64. The molecule has 1 atom stereocenters. The molecule has 6 heteroatoms. The second-order valence-corrected chi connectivity index (χ2v) is 6.51. The van der Waals surface area contributed by atoms with Crippen molar-refractivity contribution in [3.63, 3.8) is 0 Å². The molecule has 2 aromatic rings. The van der Waals surface area contributed by atoms with Crippen LogP contribution in [0.5, 0.6) is 0 Å². The summed E-state index contributed by atoms with van der Waals surface area (Å²) in [6, 6.07) is 7.24. The number of nitrogens with zero attached hydrogens (tertiary/aromatic N) is 2. The van der Waals surface area contributed by atoms with Crippen LogP contribution in [0.4, 0.5) is 0 Å². The molecule has 3 rings (SSSR count). The molecule has 128 valence electrons. The number of rotatable bonds is 4. The molecule has 1 amide bonds. The summed E-state index contributed by atoms with van der Waals surface area (Å²) >= 11 is 0. The Bertz CT molecular complexity index is 784. The van der Waals surface area contributed by atoms with Gasteiger partial charge < -0.3 is 9.64 Å². The van der Waals surface area contributed by atoms with E-state index < -0.39 is 0 Å². The van der Waals surface area contributed by atoms with Crippen molar-refractivity contribution in [3.8, 4) is 0 Å². The molecule has 1 aromatic carbocycles. The van der Waals surface area contributed by atoms with Crippen LogP contribution >= 0.6 is 0 Å². The smallest absolute Gasteiger partial charge is 0.272 e. The maximum atomic E-state index is 12.7. The Kier molecular flexibility index (Phi) is 4.94. The normalized spacial score (nSPS) is 18.3. The third-order valence-electron chi connectivity index (χ3n) is 4.29. The fraction of sp³-hybridized carbons (Fsp3) is 0.500. The molecule has 0 spiro atoms. The van der Waals surface area contributed by atoms with Gasteiger partial charge in [-0.05, 0) is 32.8 Å². The molecule has 0 saturated carbocycles. The van der Waals surface area contributed by atoms with Crippen LogP contribution in [0.1, 0.15) is 32.4 Å². The van der Waals surface area contributed by atoms with Gasteiger partial charge in [-0.2, -0.15) is 5.10 Å². The first-order valence-corrected chi connectivity index (χ1v) is 8.44. The van der Waals surface area contributed by atoms with Crippen LogP contribution in [-0.4, -0.2) is 46.3 Å². The molecule has 24 heavy (non-hydrogen) atoms. The summed E-state index contributed by atoms with van der Waals surface area (Å²) in [5, 5.41) is 7.88. The van der Waals surface area contributed by atoms with Gasteiger partial charge in [0.2, 0.25) is 5.91 Å². The van der Waals surface area contributed by atoms with E-state index in [0.717, 1.165) is 24.8 Å². The van der Waals surface area contributed by atoms with Gasteiger partial charge in [-0.15, -0.1) is 0 Å². The third-order valence-corrected chi connectivity index (χ3v) is 4.29. The number of piperidine rings is 1. The zero-order valence-electron chi connectivity index (χ0n) is 14.1. The van der Waals surface area contributed by atoms with Gasteiger partial charge in [-0.3, -0.25) is 9.59 Å². The summed E-state index contributed by atoms with van der Waals surface area (Å²) in [4.78, 5) is 26.3. The highest BCUT2D eigenvalue weighted by molar-refractivity contribution is 5.88. The number of benzene rings is 1. The summed E-state index contributed by atoms with van der Waals surface area (Å²) in [7, 11) is 0. The number of nitrogens with one attached hydrogen (secondary N) is 1. The van der Waals surface area contributed by atoms with E-state index in [1.807, 2.05) is 36.9 Å². The van der Waals surface area contributed by atoms with Gasteiger partial charge in [-0.25, -0.2) is 5.10 Å². The van der Waals surface area contributed by atoms with Gasteiger partial charge in [0.25, 0.3) is 5.56 Å². The minimum atomic E-state index is -0.231. The van der Waals surface area contributed by atoms with Crippen molar-refractivity contribution in [2.24, 2.45) is 0 Å². The van der Waals surface area contributed by atoms with E-state index in [0.29, 0.717) is 17.6 Å². The Morgan fingerprint density at radius 1 is 1.38 bits per heavy atom. The van der Waals surface area contributed by atoms with Crippen molar-refractivity contribution >= 4 is 16.7 Å². The Morgan fingerprint density at radius 2 is 2.12 bits per heavy atom. The van der Waals surface area contributed by atoms with Gasteiger partial charge in [0.1, 0.15) is 0 Å². The van der Waals surface area contributed by atoms with Gasteiger partial charge in [0.05, 0.1) is 29.7 Å². The van der Waals surface area contributed by atoms with E-state index in [4.69, 9.17) is 4.74 Å². The standard InChI is InChI=1S/C18H23N3O3/c1-12(2)24-13-6-5-9-21(11-13)17(22)10-16-14-7-3-4-8-15(14)18(23)20-19-16/h3-4,7-8,12-13H,5-6,9-11H2,1-2H3,(H,20,23). The molecular formula is C18H23N3O3. The first-order chi connectivity index (χ1) is 11.5. The van der Waals surface area contributed by atoms with Gasteiger partial charge in [0, 0.05) is 18.5 Å². The number of hydrogen-bond donors (Lipinski definition) is 1. The Labute approximate surface area is 140 Å². The lowest BCUT2D eigenvalue weighted by Crippen LogP contribution is -2.44. The van der Waals surface area contributed by atoms with Crippen LogP contribution in [0.15, 0.2) is 29.1 Å². The number of H-pyrrole nitrogens is 1. The lowest BCUT2D eigenvalue weighted by Gasteiger charge is -2.33. The van der Waals surface area contributed by atoms with E-state index in [1.165, 1.54) is 0 Å². The second kappa shape index (κ2) is 7.13. The number of hydrogen-bond acceptors (Lipinski definition) is 4. The Morgan fingerprint density at radius 3 is 2.88 bits per heavy atom. The first kappa shape index (κ1) is 16.6. The predicted molar refractivity (Wildman–Crippen MR) is 91.9 cm³/mol. The monoisotopic (exact) mass is 329 g/mol. The highest BCUT2D eigenvalue weighted by Gasteiger charge is 2.25. The molecule has 1 aliphatic heterocycles. The van der Waals surface area contributed by atoms with Crippen molar-refractivity contribution in [3.05, 3.63) is 40.3 Å². The van der Waals surface area contributed by atoms with Gasteiger partial charge in [0.15, 0.2) is 0 Å². The van der Waals surface area contributed by atoms with Crippen LogP contribution in [0.25, 0.3) is 10.8 Å². The predicted octanol–water partition coefficient (Wildman–Crippen LogP) is 1.88. The topological polar surface area (TPSA) is 75.3 Å². The second-order valence-electron chi connectivity index (χ2n) is 6.51. The fourth-order valence-corrected chi connectivity index (χ4v) is 3.22. The molecule has 2 heterocycles. The van der Waals surface area contributed by atoms with Gasteiger partial charge >= 0.3 is 0 Å². The minimum Gasteiger partial charge on any atom is -0.374 e. The van der Waals surface area contributed by atoms with Crippen molar-refractivity contribution in [2.75, 3.05) is 13.1 Å². The zero-order valence-corrected chi connectivity index (χ0v) is 14.1. The van der Waals surface area contributed by atoms with Gasteiger partial charge in [-0.1, -0.05) is 18.2 Å². The molecule has 1 aromatic heterocycles. The number of aromatic amines is 1. The maximum absolute atomic E-state index is 12.7. The van der Waals surface area contributed by atoms with E-state index in [9.17, 15) is 9.59 Å². The average molecular weight is 329 g/mol. The quantitative estimate of drug-likeness (QED) is 0.929. The molecule has 1 N–H and O–H groups in total. The molecule has 1 saturated heterocycles. The zero-order chi connectivity index (χ0) is 17.1. The van der Waals surface area contributed by atoms with Crippen LogP contribution < -0.4 is 5.56 Å². The molecule has 1 unspecified atom stereocenters. The van der Waals surface area contributed by atoms with E-state index in [2.05, 4.69) is 10.2 Å². The lowest BCUT2D eigenvalue weighted by molar-refractivity contribution is -0.135. The highest BCUT2D eigenvalue weighted by atomic mass is 16.5. The van der Waals surface area contributed by atoms with Crippen molar-refractivity contribution in [1.29, 1.82) is 0 Å². The Hall–Kier alpha value is -2.21. The Balaban J connectivity index is 1.75. The number of likely N-dealkylation sites (tertiary alicyclic amines) is 1. The summed E-state index contributed by atoms with van der Waals surface area (Å²) in [6.07, 6.45) is 2.38. The highest BCUT2D eigenvalue weighted by Crippen LogP contribution is 2.18. The number of aromatic nitrogens is 2. The maximum Gasteiger partial charge on any atom is 0.272 e. The van der Waals surface area contributed by atoms with Crippen LogP contribution in [0.3, 0.4) is 0 Å². The number of carbonyl (C=O) groups is 1. The lowest BCUT2D eigenvalue weighted by atomic mass is 10.1. The minimum absolute atomic E-state index is 0.0248. The summed E-state index contributed by atoms with van der Waals surface area (Å²) in [5.41, 5.74) is 0.382. The number of ether oxygens (including phenoxy) is 1. The van der Waals surface area contributed by atoms with Crippen LogP contribution in [0.2, 0.25) is 0 Å². The van der Waals surface area contributed by atoms with E-state index in [-0.39, 0.29) is 30.1 Å². The molecule has 0 bridgehead atoms. The summed E-state index contributed by atoms with van der Waals surface area (Å²) < 4.78 is 5.85. The molecule has 6 nitrogen and oxygen atoms in total. The van der Waals surface area contributed by atoms with Crippen molar-refractivity contribution in [1.82, 2.24) is 15.1 Å². The molecular weight excluding hydrogens is 306 g/mol. The van der Waals surface area contributed by atoms with E-state index in [1.54, 1.807) is 6.07 Å². The first-order valence-electron chi connectivity index (χ1n) is 8.44. The summed E-state index contributed by atoms with van der Waals surface area (Å²) in [5.74, 6) is 0.0248. The molecule has 1 aliphatic rings. The largest absolute Gasteiger partial charge is 0.374 e. The molecule has 0 radical (unpaired) electrons. The fourth-order valence-electron chi connectivity index (χ4n) is 3.22. The van der Waals surface area contributed by atoms with Crippen molar-refractivity contribution < 1.29 is 9.53 Å².